The second-order valence-electron chi connectivity index (χ2n) is 25.7. The number of carbonyl (C=O) groups is 4. The van der Waals surface area contributed by atoms with E-state index in [2.05, 4.69) is 96.2 Å². The van der Waals surface area contributed by atoms with Gasteiger partial charge in [0, 0.05) is 84.2 Å². The lowest BCUT2D eigenvalue weighted by molar-refractivity contribution is -0.226. The predicted octanol–water partition coefficient (Wildman–Crippen LogP) is 6.87. The van der Waals surface area contributed by atoms with E-state index in [0.29, 0.717) is 69.5 Å². The van der Waals surface area contributed by atoms with Gasteiger partial charge in [0.1, 0.15) is 39.3 Å². The summed E-state index contributed by atoms with van der Waals surface area (Å²) in [5.41, 5.74) is -0.570. The molecule has 66 heavy (non-hydrogen) atoms. The Hall–Kier alpha value is -4.58. The molecule has 10 atom stereocenters. The van der Waals surface area contributed by atoms with Crippen molar-refractivity contribution in [3.8, 4) is 5.75 Å². The molecule has 1 aromatic carbocycles. The Balaban J connectivity index is 1.13. The van der Waals surface area contributed by atoms with Crippen molar-refractivity contribution in [2.24, 2.45) is 29.7 Å². The van der Waals surface area contributed by atoms with Gasteiger partial charge in [0.15, 0.2) is 5.78 Å². The smallest absolute Gasteiger partial charge is 0.250 e. The molecule has 346 valence electrons. The predicted molar refractivity (Wildman–Crippen MR) is 244 cm³/mol. The summed E-state index contributed by atoms with van der Waals surface area (Å²) in [4.78, 5) is 71.4. The van der Waals surface area contributed by atoms with Crippen LogP contribution >= 0.6 is 0 Å². The Morgan fingerprint density at radius 1 is 0.758 bits per heavy atom. The number of ketones is 1. The van der Waals surface area contributed by atoms with Gasteiger partial charge < -0.3 is 39.0 Å². The quantitative estimate of drug-likeness (QED) is 0.281. The summed E-state index contributed by atoms with van der Waals surface area (Å²) in [6, 6.07) is 2.47. The van der Waals surface area contributed by atoms with Crippen LogP contribution < -0.4 is 9.80 Å². The number of amides is 3. The first kappa shape index (κ1) is 39.4. The zero-order valence-electron chi connectivity index (χ0n) is 40.0. The van der Waals surface area contributed by atoms with E-state index in [0.717, 1.165) is 64.2 Å². The summed E-state index contributed by atoms with van der Waals surface area (Å²) in [6.45, 7) is 18.4. The lowest BCUT2D eigenvalue weighted by atomic mass is 9.35. The molecule has 2 saturated carbocycles. The van der Waals surface area contributed by atoms with Gasteiger partial charge in [-0.3, -0.25) is 19.2 Å². The third kappa shape index (κ3) is 3.57. The average molecular weight is 893 g/mol. The van der Waals surface area contributed by atoms with Crippen LogP contribution in [-0.4, -0.2) is 95.8 Å². The number of allylic oxidation sites excluding steroid dienone is 3. The van der Waals surface area contributed by atoms with Crippen LogP contribution in [0.1, 0.15) is 153 Å². The van der Waals surface area contributed by atoms with Gasteiger partial charge in [-0.05, 0) is 132 Å². The SMILES string of the molecule is Cn1c2c(c3c1C(C)(C)C1CC45CCCN4C(=O)[C@]14C3C13c6ccc7c(c6N([O-])[C@H]1C(C)(C)[C@@H]1C[C@]68CCCN6C(=O)C1(CC8=O)C3N4C5=O)CCC(C)(C)O7)CCC1=C2C=CC(C)(C)O1. The Morgan fingerprint density at radius 3 is 2.23 bits per heavy atom. The van der Waals surface area contributed by atoms with Crippen molar-refractivity contribution in [1.29, 1.82) is 0 Å². The summed E-state index contributed by atoms with van der Waals surface area (Å²) in [5.74, 6) is 0.224. The van der Waals surface area contributed by atoms with Crippen molar-refractivity contribution in [3.05, 3.63) is 68.9 Å². The Morgan fingerprint density at radius 2 is 1.47 bits per heavy atom. The van der Waals surface area contributed by atoms with E-state index in [1.807, 2.05) is 9.80 Å². The van der Waals surface area contributed by atoms with Crippen LogP contribution in [0, 0.1) is 27.9 Å². The largest absolute Gasteiger partial charge is 0.758 e. The number of fused-ring (bicyclic) bond motifs is 9. The first-order valence-electron chi connectivity index (χ1n) is 25.3. The van der Waals surface area contributed by atoms with Gasteiger partial charge in [0.05, 0.1) is 17.2 Å². The molecule has 8 saturated heterocycles. The summed E-state index contributed by atoms with van der Waals surface area (Å²) in [5, 5.41) is 18.0. The minimum Gasteiger partial charge on any atom is -0.758 e. The maximum absolute atomic E-state index is 16.9. The van der Waals surface area contributed by atoms with Gasteiger partial charge >= 0.3 is 0 Å². The molecule has 12 heterocycles. The third-order valence-corrected chi connectivity index (χ3v) is 21.6. The summed E-state index contributed by atoms with van der Waals surface area (Å²) in [7, 11) is 2.18. The number of benzene rings is 1. The van der Waals surface area contributed by atoms with Crippen LogP contribution in [0.5, 0.6) is 5.75 Å². The number of piperidine rings is 4. The normalized spacial score (nSPS) is 43.0. The molecular formula is C54H62N5O7-. The number of hydrogen-bond acceptors (Lipinski definition) is 8. The first-order chi connectivity index (χ1) is 31.1. The van der Waals surface area contributed by atoms with Crippen LogP contribution in [0.25, 0.3) is 5.57 Å². The van der Waals surface area contributed by atoms with Crippen LogP contribution in [-0.2, 0) is 54.6 Å². The summed E-state index contributed by atoms with van der Waals surface area (Å²) < 4.78 is 15.9. The third-order valence-electron chi connectivity index (χ3n) is 21.6. The van der Waals surface area contributed by atoms with Crippen molar-refractivity contribution in [2.75, 3.05) is 18.2 Å². The highest BCUT2D eigenvalue weighted by molar-refractivity contribution is 6.11. The number of ether oxygens (including phenoxy) is 2. The fraction of sp³-hybridized carbons (Fsp3) is 0.667. The van der Waals surface area contributed by atoms with E-state index in [1.54, 1.807) is 0 Å². The molecule has 5 spiro atoms. The first-order valence-corrected chi connectivity index (χ1v) is 25.3. The Labute approximate surface area is 386 Å². The topological polar surface area (TPSA) is 128 Å². The zero-order valence-corrected chi connectivity index (χ0v) is 40.0. The molecule has 4 aliphatic carbocycles. The van der Waals surface area contributed by atoms with E-state index in [1.165, 1.54) is 5.06 Å². The standard InChI is InChI=1S/C54H62N5O7/c1-46(2)20-16-27-31(65-46)14-12-29-36-39-53-30-13-15-32-28(17-21-47(3,4)66-32)38(30)59(64)41(53)49(7,8)33-24-50-18-10-22-56(50)44(62)52(33,26-35(50)60)42(53)58-43(61)51-19-11-23-57(51)45(63)54(39,58)34(25-51)48(5,6)40(36)55(9)37(27)29/h13,15-16,20,33-34,39,41-42H,10-12,14,17-19,21-26H2,1-9H3/q-1/t33-,34?,39?,41-,42?,50-,51?,52?,53?,54+/m0/s1. The van der Waals surface area contributed by atoms with Gasteiger partial charge in [-0.25, -0.2) is 0 Å². The van der Waals surface area contributed by atoms with Crippen molar-refractivity contribution in [1.82, 2.24) is 19.3 Å². The molecule has 10 fully saturated rings. The molecule has 4 bridgehead atoms. The maximum Gasteiger partial charge on any atom is 0.250 e. The highest BCUT2D eigenvalue weighted by Crippen LogP contribution is 2.84. The van der Waals surface area contributed by atoms with E-state index >= 15 is 24.4 Å². The molecule has 17 rings (SSSR count). The molecule has 3 amide bonds. The van der Waals surface area contributed by atoms with Crippen LogP contribution in [0.15, 0.2) is 30.0 Å². The van der Waals surface area contributed by atoms with Crippen LogP contribution in [0.4, 0.5) is 5.69 Å². The second-order valence-corrected chi connectivity index (χ2v) is 25.7. The van der Waals surface area contributed by atoms with Crippen molar-refractivity contribution in [2.45, 2.75) is 183 Å². The van der Waals surface area contributed by atoms with Gasteiger partial charge in [0.25, 0.3) is 0 Å². The van der Waals surface area contributed by atoms with E-state index < -0.39 is 73.4 Å². The lowest BCUT2D eigenvalue weighted by Crippen LogP contribution is -2.87. The molecule has 0 N–H and O–H groups in total. The number of carbonyl (C=O) groups excluding carboxylic acids is 4. The molecule has 2 aromatic rings. The van der Waals surface area contributed by atoms with Crippen LogP contribution in [0.2, 0.25) is 0 Å². The number of Topliss-reactive ketones (excluding diaryl/α,β-unsaturated/α-hetero) is 1. The van der Waals surface area contributed by atoms with Gasteiger partial charge in [-0.2, -0.15) is 0 Å². The number of piperazine rings is 1. The molecule has 12 heteroatoms. The number of rotatable bonds is 0. The highest BCUT2D eigenvalue weighted by atomic mass is 16.5. The van der Waals surface area contributed by atoms with E-state index in [9.17, 15) is 0 Å². The minimum absolute atomic E-state index is 0.0151. The van der Waals surface area contributed by atoms with Gasteiger partial charge in [-0.15, -0.1) is 0 Å². The minimum atomic E-state index is -1.43. The molecule has 0 radical (unpaired) electrons. The lowest BCUT2D eigenvalue weighted by Gasteiger charge is -2.73. The van der Waals surface area contributed by atoms with Gasteiger partial charge in [0.2, 0.25) is 17.7 Å². The molecular weight excluding hydrogens is 831 g/mol. The van der Waals surface area contributed by atoms with Crippen molar-refractivity contribution >= 4 is 34.8 Å². The highest BCUT2D eigenvalue weighted by Gasteiger charge is 2.94. The van der Waals surface area contributed by atoms with E-state index in [-0.39, 0.29) is 35.8 Å². The Kier molecular flexibility index (Phi) is 6.46. The fourth-order valence-corrected chi connectivity index (χ4v) is 19.9. The number of hydrogen-bond donors (Lipinski definition) is 0. The van der Waals surface area contributed by atoms with Gasteiger partial charge in [-0.1, -0.05) is 33.8 Å². The molecule has 1 aromatic heterocycles. The fourth-order valence-electron chi connectivity index (χ4n) is 19.9. The molecule has 11 aliphatic heterocycles. The van der Waals surface area contributed by atoms with Crippen molar-refractivity contribution in [3.63, 3.8) is 0 Å². The molecule has 6 unspecified atom stereocenters. The van der Waals surface area contributed by atoms with E-state index in [4.69, 9.17) is 9.47 Å². The monoisotopic (exact) mass is 892 g/mol. The Bertz CT molecular complexity index is 2880. The molecule has 15 aliphatic rings. The molecule has 12 nitrogen and oxygen atoms in total. The summed E-state index contributed by atoms with van der Waals surface area (Å²) >= 11 is 0. The summed E-state index contributed by atoms with van der Waals surface area (Å²) in [6.07, 6.45) is 10.7. The van der Waals surface area contributed by atoms with Crippen LogP contribution in [0.3, 0.4) is 0 Å². The number of anilines is 1. The number of aromatic nitrogens is 1. The number of hydroxylamine groups is 1. The second kappa shape index (κ2) is 10.8. The number of nitrogens with zero attached hydrogens (tertiary/aromatic N) is 5. The zero-order chi connectivity index (χ0) is 45.8. The van der Waals surface area contributed by atoms with Crippen molar-refractivity contribution < 1.29 is 28.7 Å². The maximum atomic E-state index is 16.9. The average Bonchev–Trinajstić information content (AvgIpc) is 4.05.